The average Bonchev–Trinajstić information content (AvgIpc) is 0.969. The van der Waals surface area contributed by atoms with Gasteiger partial charge in [0.1, 0.15) is 19.3 Å². The zero-order valence-corrected chi connectivity index (χ0v) is 62.2. The monoisotopic (exact) mass is 1410 g/mol. The molecule has 0 aliphatic heterocycles. The predicted molar refractivity (Wildman–Crippen MR) is 399 cm³/mol. The van der Waals surface area contributed by atoms with Gasteiger partial charge in [0.15, 0.2) is 12.2 Å². The van der Waals surface area contributed by atoms with Gasteiger partial charge in [-0.15, -0.1) is 0 Å². The van der Waals surface area contributed by atoms with E-state index in [4.69, 9.17) is 37.0 Å². The highest BCUT2D eigenvalue weighted by Gasteiger charge is 2.30. The first-order valence-electron chi connectivity index (χ1n) is 36.7. The van der Waals surface area contributed by atoms with Crippen LogP contribution in [0.2, 0.25) is 0 Å². The summed E-state index contributed by atoms with van der Waals surface area (Å²) in [6.45, 7) is 4.33. The van der Waals surface area contributed by atoms with E-state index in [1.165, 1.54) is 0 Å². The van der Waals surface area contributed by atoms with Crippen LogP contribution in [0.5, 0.6) is 0 Å². The van der Waals surface area contributed by atoms with Crippen LogP contribution in [0.15, 0.2) is 158 Å². The average molecular weight is 1410 g/mol. The summed E-state index contributed by atoms with van der Waals surface area (Å²) < 4.78 is 68.2. The van der Waals surface area contributed by atoms with Gasteiger partial charge in [0, 0.05) is 25.7 Å². The van der Waals surface area contributed by atoms with Crippen LogP contribution >= 0.6 is 15.6 Å². The highest BCUT2D eigenvalue weighted by molar-refractivity contribution is 7.47. The molecule has 0 saturated heterocycles. The number of aliphatic hydroxyl groups is 1. The number of allylic oxidation sites excluding steroid dienone is 26. The number of esters is 4. The molecular weight excluding hydrogens is 1280 g/mol. The first kappa shape index (κ1) is 92.7. The van der Waals surface area contributed by atoms with Crippen molar-refractivity contribution in [1.82, 2.24) is 0 Å². The molecule has 0 bridgehead atoms. The number of carbonyl (C=O) groups excluding carboxylic acids is 4. The van der Waals surface area contributed by atoms with E-state index in [9.17, 15) is 43.2 Å². The van der Waals surface area contributed by atoms with Crippen molar-refractivity contribution in [3.8, 4) is 0 Å². The highest BCUT2D eigenvalue weighted by atomic mass is 31.2. The van der Waals surface area contributed by atoms with Gasteiger partial charge in [-0.2, -0.15) is 0 Å². The Balaban J connectivity index is 5.45. The lowest BCUT2D eigenvalue weighted by Gasteiger charge is -2.21. The molecule has 0 rings (SSSR count). The first-order chi connectivity index (χ1) is 47.7. The molecule has 556 valence electrons. The zero-order chi connectivity index (χ0) is 71.8. The molecule has 0 amide bonds. The third-order valence-corrected chi connectivity index (χ3v) is 16.3. The Morgan fingerprint density at radius 1 is 0.296 bits per heavy atom. The summed E-state index contributed by atoms with van der Waals surface area (Å²) >= 11 is 0. The molecule has 98 heavy (non-hydrogen) atoms. The Morgan fingerprint density at radius 3 is 0.878 bits per heavy atom. The number of rotatable bonds is 67. The van der Waals surface area contributed by atoms with Crippen molar-refractivity contribution >= 4 is 39.5 Å². The fourth-order valence-electron chi connectivity index (χ4n) is 8.91. The summed E-state index contributed by atoms with van der Waals surface area (Å²) in [5.74, 6) is -2.34. The maximum atomic E-state index is 13.1. The maximum Gasteiger partial charge on any atom is 0.472 e. The van der Waals surface area contributed by atoms with Gasteiger partial charge in [-0.3, -0.25) is 37.3 Å². The summed E-state index contributed by atoms with van der Waals surface area (Å²) in [6, 6.07) is 0. The minimum absolute atomic E-state index is 0.0599. The third kappa shape index (κ3) is 69.2. The molecule has 0 heterocycles. The van der Waals surface area contributed by atoms with Crippen molar-refractivity contribution < 1.29 is 80.2 Å². The molecule has 17 nitrogen and oxygen atoms in total. The van der Waals surface area contributed by atoms with Crippen molar-refractivity contribution in [3.63, 3.8) is 0 Å². The molecule has 0 aliphatic rings. The van der Waals surface area contributed by atoms with E-state index in [2.05, 4.69) is 174 Å². The van der Waals surface area contributed by atoms with E-state index < -0.39 is 97.5 Å². The van der Waals surface area contributed by atoms with Gasteiger partial charge in [-0.25, -0.2) is 9.13 Å². The van der Waals surface area contributed by atoms with E-state index in [-0.39, 0.29) is 25.7 Å². The van der Waals surface area contributed by atoms with Gasteiger partial charge in [-0.05, 0) is 154 Å². The smallest absolute Gasteiger partial charge is 0.462 e. The van der Waals surface area contributed by atoms with E-state index in [1.807, 2.05) is 12.2 Å². The van der Waals surface area contributed by atoms with Crippen LogP contribution in [0.4, 0.5) is 0 Å². The van der Waals surface area contributed by atoms with Gasteiger partial charge >= 0.3 is 39.5 Å². The van der Waals surface area contributed by atoms with Gasteiger partial charge in [0.25, 0.3) is 0 Å². The minimum Gasteiger partial charge on any atom is -0.462 e. The number of phosphoric ester groups is 2. The summed E-state index contributed by atoms with van der Waals surface area (Å²) in [7, 11) is -9.99. The minimum atomic E-state index is -5.00. The molecule has 5 unspecified atom stereocenters. The fraction of sp³-hybridized carbons (Fsp3) is 0.620. The number of hydrogen-bond donors (Lipinski definition) is 3. The first-order valence-corrected chi connectivity index (χ1v) is 39.7. The van der Waals surface area contributed by atoms with Crippen molar-refractivity contribution in [2.45, 2.75) is 277 Å². The highest BCUT2D eigenvalue weighted by Crippen LogP contribution is 2.45. The largest absolute Gasteiger partial charge is 0.472 e. The van der Waals surface area contributed by atoms with Crippen molar-refractivity contribution in [2.24, 2.45) is 0 Å². The standard InChI is InChI=1S/C79H128O17P2/c1-5-9-13-17-21-25-29-33-35-36-38-42-44-48-52-56-60-64-77(82)90-70-75(96-79(84)66-62-58-54-50-46-40-32-28-24-20-16-12-8-4)72-94-98(87,88)92-68-73(80)67-91-97(85,86)93-71-74(95-78(83)65-61-57-53-49-45-39-31-27-23-19-15-11-7-3)69-89-76(81)63-59-55-51-47-43-41-37-34-30-26-22-18-14-10-6-2/h9-10,13-16,19-22,25-28,31-35,37-38,42-43,47-48,52,73-75,80H,5-8,11-12,17-18,23-24,29-30,36,39-41,44-46,49-51,53-72H2,1-4H3,(H,85,86)(H,87,88)/b13-9-,14-10-,19-15-,20-16-,25-21-,26-22-,31-27-,32-28-,35-33-,37-34-,42-38-,47-43-,52-48-. The quantitative estimate of drug-likeness (QED) is 0.0169. The van der Waals surface area contributed by atoms with E-state index in [1.54, 1.807) is 0 Å². The van der Waals surface area contributed by atoms with E-state index >= 15 is 0 Å². The van der Waals surface area contributed by atoms with Gasteiger partial charge in [0.05, 0.1) is 26.4 Å². The van der Waals surface area contributed by atoms with Crippen molar-refractivity contribution in [3.05, 3.63) is 158 Å². The van der Waals surface area contributed by atoms with Crippen molar-refractivity contribution in [2.75, 3.05) is 39.6 Å². The Kier molecular flexibility index (Phi) is 66.3. The van der Waals surface area contributed by atoms with Crippen molar-refractivity contribution in [1.29, 1.82) is 0 Å². The SMILES string of the molecule is CC/C=C\C/C=C\C/C=C\C/C=C\C/C=C\CCCC(=O)OCC(COP(=O)(O)OCC(O)COP(=O)(O)OCC(COC(=O)CCCC/C=C\C/C=C\C/C=C\C/C=C\CC)OC(=O)CCCCCCC/C=C\C/C=C\CCC)OC(=O)CCCCCCC/C=C\C/C=C\CCC. The lowest BCUT2D eigenvalue weighted by Crippen LogP contribution is -2.30. The molecular formula is C79H128O17P2. The molecule has 0 spiro atoms. The molecule has 19 heteroatoms. The Labute approximate surface area is 591 Å². The molecule has 5 atom stereocenters. The van der Waals surface area contributed by atoms with Crippen LogP contribution in [0.1, 0.15) is 259 Å². The number of unbranched alkanes of at least 4 members (excludes halogenated alkanes) is 15. The number of ether oxygens (including phenoxy) is 4. The summed E-state index contributed by atoms with van der Waals surface area (Å²) in [4.78, 5) is 72.7. The number of hydrogen-bond acceptors (Lipinski definition) is 15. The molecule has 0 aromatic heterocycles. The molecule has 0 aromatic carbocycles. The summed E-state index contributed by atoms with van der Waals surface area (Å²) in [5.41, 5.74) is 0. The summed E-state index contributed by atoms with van der Waals surface area (Å²) in [6.07, 6.45) is 79.7. The Bertz CT molecular complexity index is 2480. The van der Waals surface area contributed by atoms with Crippen LogP contribution in [-0.2, 0) is 65.4 Å². The molecule has 0 radical (unpaired) electrons. The van der Waals surface area contributed by atoms with Gasteiger partial charge in [0.2, 0.25) is 0 Å². The van der Waals surface area contributed by atoms with Crippen LogP contribution in [0.25, 0.3) is 0 Å². The second-order valence-electron chi connectivity index (χ2n) is 23.8. The van der Waals surface area contributed by atoms with E-state index in [0.717, 1.165) is 173 Å². The van der Waals surface area contributed by atoms with Crippen LogP contribution in [-0.4, -0.2) is 96.7 Å². The van der Waals surface area contributed by atoms with Crippen LogP contribution < -0.4 is 0 Å². The zero-order valence-electron chi connectivity index (χ0n) is 60.4. The number of aliphatic hydroxyl groups excluding tert-OH is 1. The number of carbonyl (C=O) groups is 4. The van der Waals surface area contributed by atoms with Crippen LogP contribution in [0, 0.1) is 0 Å². The molecule has 0 aromatic rings. The van der Waals surface area contributed by atoms with Crippen LogP contribution in [0.3, 0.4) is 0 Å². The lowest BCUT2D eigenvalue weighted by atomic mass is 10.1. The second kappa shape index (κ2) is 70.1. The van der Waals surface area contributed by atoms with Gasteiger partial charge < -0.3 is 33.8 Å². The predicted octanol–water partition coefficient (Wildman–Crippen LogP) is 20.9. The van der Waals surface area contributed by atoms with Gasteiger partial charge in [-0.1, -0.05) is 237 Å². The molecule has 0 aliphatic carbocycles. The topological polar surface area (TPSA) is 237 Å². The lowest BCUT2D eigenvalue weighted by molar-refractivity contribution is -0.161. The van der Waals surface area contributed by atoms with E-state index in [0.29, 0.717) is 32.1 Å². The maximum absolute atomic E-state index is 13.1. The number of phosphoric acid groups is 2. The summed E-state index contributed by atoms with van der Waals surface area (Å²) in [5, 5.41) is 10.6. The molecule has 0 fully saturated rings. The normalized spacial score (nSPS) is 14.9. The molecule has 3 N–H and O–H groups in total. The Hall–Kier alpha value is -5.32. The molecule has 0 saturated carbocycles. The fourth-order valence-corrected chi connectivity index (χ4v) is 10.5. The second-order valence-corrected chi connectivity index (χ2v) is 26.7. The Morgan fingerprint density at radius 2 is 0.541 bits per heavy atom. The third-order valence-electron chi connectivity index (χ3n) is 14.4.